The molecule has 2 rings (SSSR count). The second kappa shape index (κ2) is 6.74. The zero-order chi connectivity index (χ0) is 15.2. The summed E-state index contributed by atoms with van der Waals surface area (Å²) in [6.45, 7) is 0.548. The molecule has 0 aromatic heterocycles. The highest BCUT2D eigenvalue weighted by molar-refractivity contribution is 5.55. The predicted molar refractivity (Wildman–Crippen MR) is 81.5 cm³/mol. The van der Waals surface area contributed by atoms with E-state index in [-0.39, 0.29) is 5.75 Å². The fourth-order valence-corrected chi connectivity index (χ4v) is 2.02. The molecular formula is C16H19NO4. The van der Waals surface area contributed by atoms with E-state index >= 15 is 0 Å². The summed E-state index contributed by atoms with van der Waals surface area (Å²) in [6.07, 6.45) is 0. The maximum absolute atomic E-state index is 9.76. The van der Waals surface area contributed by atoms with Crippen LogP contribution in [0.3, 0.4) is 0 Å². The second-order valence-electron chi connectivity index (χ2n) is 4.42. The Bertz CT molecular complexity index is 613. The monoisotopic (exact) mass is 289 g/mol. The van der Waals surface area contributed by atoms with E-state index in [1.54, 1.807) is 26.4 Å². The number of ether oxygens (including phenoxy) is 3. The van der Waals surface area contributed by atoms with E-state index in [1.807, 2.05) is 24.3 Å². The number of nitrogens with one attached hydrogen (secondary N) is 1. The maximum Gasteiger partial charge on any atom is 0.160 e. The van der Waals surface area contributed by atoms with Crippen LogP contribution >= 0.6 is 0 Å². The minimum Gasteiger partial charge on any atom is -0.504 e. The van der Waals surface area contributed by atoms with Crippen LogP contribution in [0, 0.1) is 0 Å². The molecule has 0 heterocycles. The van der Waals surface area contributed by atoms with Gasteiger partial charge in [0.25, 0.3) is 0 Å². The van der Waals surface area contributed by atoms with Gasteiger partial charge in [0.1, 0.15) is 11.5 Å². The lowest BCUT2D eigenvalue weighted by Crippen LogP contribution is -2.02. The number of aromatic hydroxyl groups is 1. The minimum atomic E-state index is 0.0973. The highest BCUT2D eigenvalue weighted by Crippen LogP contribution is 2.30. The maximum atomic E-state index is 9.76. The van der Waals surface area contributed by atoms with Gasteiger partial charge in [-0.1, -0.05) is 0 Å². The molecule has 0 atom stereocenters. The Kier molecular flexibility index (Phi) is 4.77. The molecule has 0 amide bonds. The molecule has 112 valence electrons. The molecule has 2 aromatic rings. The van der Waals surface area contributed by atoms with Crippen molar-refractivity contribution in [2.75, 3.05) is 26.6 Å². The van der Waals surface area contributed by atoms with Crippen molar-refractivity contribution in [2.24, 2.45) is 0 Å². The second-order valence-corrected chi connectivity index (χ2v) is 4.42. The van der Waals surface area contributed by atoms with Gasteiger partial charge >= 0.3 is 0 Å². The third kappa shape index (κ3) is 3.51. The molecule has 0 bridgehead atoms. The van der Waals surface area contributed by atoms with Crippen LogP contribution in [0.1, 0.15) is 5.56 Å². The molecule has 2 N–H and O–H groups in total. The van der Waals surface area contributed by atoms with Crippen LogP contribution in [-0.4, -0.2) is 26.4 Å². The van der Waals surface area contributed by atoms with Crippen LogP contribution in [-0.2, 0) is 6.54 Å². The first-order valence-electron chi connectivity index (χ1n) is 6.49. The van der Waals surface area contributed by atoms with Gasteiger partial charge in [-0.15, -0.1) is 0 Å². The van der Waals surface area contributed by atoms with Crippen LogP contribution in [0.4, 0.5) is 5.69 Å². The number of phenolic OH excluding ortho intramolecular Hbond substituents is 1. The van der Waals surface area contributed by atoms with E-state index in [1.165, 1.54) is 7.11 Å². The molecule has 0 unspecified atom stereocenters. The van der Waals surface area contributed by atoms with Crippen LogP contribution in [0.2, 0.25) is 0 Å². The van der Waals surface area contributed by atoms with E-state index in [4.69, 9.17) is 14.2 Å². The van der Waals surface area contributed by atoms with E-state index in [0.717, 1.165) is 22.7 Å². The van der Waals surface area contributed by atoms with Crippen LogP contribution in [0.25, 0.3) is 0 Å². The quantitative estimate of drug-likeness (QED) is 0.856. The normalized spacial score (nSPS) is 10.0. The van der Waals surface area contributed by atoms with Crippen molar-refractivity contribution in [3.63, 3.8) is 0 Å². The van der Waals surface area contributed by atoms with Crippen molar-refractivity contribution in [1.29, 1.82) is 0 Å². The van der Waals surface area contributed by atoms with Gasteiger partial charge in [0.15, 0.2) is 11.5 Å². The Labute approximate surface area is 124 Å². The first-order valence-corrected chi connectivity index (χ1v) is 6.49. The molecule has 5 nitrogen and oxygen atoms in total. The van der Waals surface area contributed by atoms with Crippen LogP contribution in [0.5, 0.6) is 23.0 Å². The average Bonchev–Trinajstić information content (AvgIpc) is 2.52. The smallest absolute Gasteiger partial charge is 0.160 e. The van der Waals surface area contributed by atoms with Crippen molar-refractivity contribution >= 4 is 5.69 Å². The van der Waals surface area contributed by atoms with Crippen molar-refractivity contribution in [2.45, 2.75) is 6.54 Å². The lowest BCUT2D eigenvalue weighted by atomic mass is 10.1. The number of hydrogen-bond acceptors (Lipinski definition) is 5. The van der Waals surface area contributed by atoms with Crippen molar-refractivity contribution in [1.82, 2.24) is 0 Å². The summed E-state index contributed by atoms with van der Waals surface area (Å²) in [7, 11) is 4.77. The molecule has 0 aliphatic rings. The third-order valence-electron chi connectivity index (χ3n) is 3.15. The molecule has 0 saturated carbocycles. The molecule has 2 aromatic carbocycles. The topological polar surface area (TPSA) is 60.0 Å². The van der Waals surface area contributed by atoms with Gasteiger partial charge in [-0.2, -0.15) is 0 Å². The number of methoxy groups -OCH3 is 3. The third-order valence-corrected chi connectivity index (χ3v) is 3.15. The summed E-state index contributed by atoms with van der Waals surface area (Å²) in [5.74, 6) is 2.09. The molecule has 0 fully saturated rings. The molecule has 0 spiro atoms. The first-order chi connectivity index (χ1) is 10.2. The Hall–Kier alpha value is -2.56. The van der Waals surface area contributed by atoms with Gasteiger partial charge in [-0.05, 0) is 30.3 Å². The summed E-state index contributed by atoms with van der Waals surface area (Å²) in [4.78, 5) is 0. The SMILES string of the molecule is COc1ccc(OC)c(CNc2ccc(OC)c(O)c2)c1. The summed E-state index contributed by atoms with van der Waals surface area (Å²) in [5, 5.41) is 13.0. The summed E-state index contributed by atoms with van der Waals surface area (Å²) in [5.41, 5.74) is 1.75. The van der Waals surface area contributed by atoms with Gasteiger partial charge in [0.2, 0.25) is 0 Å². The van der Waals surface area contributed by atoms with Gasteiger partial charge in [-0.25, -0.2) is 0 Å². The van der Waals surface area contributed by atoms with Crippen LogP contribution in [0.15, 0.2) is 36.4 Å². The summed E-state index contributed by atoms with van der Waals surface area (Å²) in [6, 6.07) is 10.8. The van der Waals surface area contributed by atoms with E-state index in [9.17, 15) is 5.11 Å². The fraction of sp³-hybridized carbons (Fsp3) is 0.250. The molecule has 21 heavy (non-hydrogen) atoms. The fourth-order valence-electron chi connectivity index (χ4n) is 2.02. The molecule has 0 aliphatic heterocycles. The molecule has 0 radical (unpaired) electrons. The highest BCUT2D eigenvalue weighted by atomic mass is 16.5. The first kappa shape index (κ1) is 14.8. The summed E-state index contributed by atoms with van der Waals surface area (Å²) >= 11 is 0. The van der Waals surface area contributed by atoms with E-state index in [0.29, 0.717) is 12.3 Å². The largest absolute Gasteiger partial charge is 0.504 e. The predicted octanol–water partition coefficient (Wildman–Crippen LogP) is 3.03. The standard InChI is InChI=1S/C16H19NO4/c1-19-13-5-7-15(20-2)11(8-13)10-17-12-4-6-16(21-3)14(18)9-12/h4-9,17-18H,10H2,1-3H3. The van der Waals surface area contributed by atoms with Crippen molar-refractivity contribution in [3.8, 4) is 23.0 Å². The van der Waals surface area contributed by atoms with Gasteiger partial charge in [-0.3, -0.25) is 0 Å². The minimum absolute atomic E-state index is 0.0973. The van der Waals surface area contributed by atoms with Crippen LogP contribution < -0.4 is 19.5 Å². The van der Waals surface area contributed by atoms with E-state index in [2.05, 4.69) is 5.32 Å². The molecular weight excluding hydrogens is 270 g/mol. The van der Waals surface area contributed by atoms with Gasteiger partial charge < -0.3 is 24.6 Å². The number of rotatable bonds is 6. The highest BCUT2D eigenvalue weighted by Gasteiger charge is 2.06. The lowest BCUT2D eigenvalue weighted by Gasteiger charge is -2.13. The molecule has 5 heteroatoms. The number of benzene rings is 2. The number of hydrogen-bond donors (Lipinski definition) is 2. The lowest BCUT2D eigenvalue weighted by molar-refractivity contribution is 0.373. The van der Waals surface area contributed by atoms with Gasteiger partial charge in [0.05, 0.1) is 21.3 Å². The van der Waals surface area contributed by atoms with Gasteiger partial charge in [0, 0.05) is 23.9 Å². The van der Waals surface area contributed by atoms with E-state index < -0.39 is 0 Å². The summed E-state index contributed by atoms with van der Waals surface area (Å²) < 4.78 is 15.6. The zero-order valence-corrected chi connectivity index (χ0v) is 12.3. The van der Waals surface area contributed by atoms with Crippen molar-refractivity contribution < 1.29 is 19.3 Å². The number of anilines is 1. The average molecular weight is 289 g/mol. The van der Waals surface area contributed by atoms with Crippen molar-refractivity contribution in [3.05, 3.63) is 42.0 Å². The Morgan fingerprint density at radius 1 is 0.905 bits per heavy atom. The Morgan fingerprint density at radius 2 is 1.62 bits per heavy atom. The zero-order valence-electron chi connectivity index (χ0n) is 12.3. The molecule has 0 saturated heterocycles. The number of phenols is 1. The molecule has 0 aliphatic carbocycles. The Balaban J connectivity index is 2.13. The Morgan fingerprint density at radius 3 is 2.24 bits per heavy atom.